The Balaban J connectivity index is 2.01. The highest BCUT2D eigenvalue weighted by Crippen LogP contribution is 2.28. The van der Waals surface area contributed by atoms with E-state index in [4.69, 9.17) is 0 Å². The molecule has 0 aliphatic carbocycles. The van der Waals surface area contributed by atoms with Crippen LogP contribution in [-0.4, -0.2) is 35.8 Å². The van der Waals surface area contributed by atoms with Gasteiger partial charge >= 0.3 is 5.97 Å². The summed E-state index contributed by atoms with van der Waals surface area (Å²) < 4.78 is 1.76. The summed E-state index contributed by atoms with van der Waals surface area (Å²) in [6, 6.07) is 18.0. The molecule has 3 heterocycles. The van der Waals surface area contributed by atoms with Crippen LogP contribution in [-0.2, 0) is 0 Å². The van der Waals surface area contributed by atoms with Crippen LogP contribution in [0.5, 0.6) is 0 Å². The Morgan fingerprint density at radius 3 is 2.27 bits per heavy atom. The fourth-order valence-electron chi connectivity index (χ4n) is 2.68. The van der Waals surface area contributed by atoms with E-state index in [1.165, 1.54) is 12.3 Å². The van der Waals surface area contributed by atoms with Gasteiger partial charge in [0.15, 0.2) is 11.6 Å². The van der Waals surface area contributed by atoms with Gasteiger partial charge in [-0.25, -0.2) is 4.79 Å². The van der Waals surface area contributed by atoms with Crippen molar-refractivity contribution in [2.75, 3.05) is 0 Å². The first-order chi connectivity index (χ1) is 12.8. The number of rotatable bonds is 4. The lowest BCUT2D eigenvalue weighted by Gasteiger charge is -2.11. The first-order valence-corrected chi connectivity index (χ1v) is 7.86. The molecule has 0 unspecified atom stereocenters. The molecule has 7 heteroatoms. The number of carboxylic acid groups (broad SMARTS) is 1. The molecule has 0 spiro atoms. The maximum atomic E-state index is 11.6. The lowest BCUT2D eigenvalue weighted by molar-refractivity contribution is 0.0697. The zero-order valence-corrected chi connectivity index (χ0v) is 13.5. The summed E-state index contributed by atoms with van der Waals surface area (Å²) >= 11 is 0. The van der Waals surface area contributed by atoms with Crippen molar-refractivity contribution >= 4 is 5.97 Å². The van der Waals surface area contributed by atoms with Crippen molar-refractivity contribution in [3.63, 3.8) is 0 Å². The summed E-state index contributed by atoms with van der Waals surface area (Å²) in [7, 11) is 0. The van der Waals surface area contributed by atoms with Crippen molar-refractivity contribution in [3.8, 4) is 28.7 Å². The third kappa shape index (κ3) is 2.71. The number of benzene rings is 1. The molecule has 0 saturated heterocycles. The molecule has 0 fully saturated rings. The Bertz CT molecular complexity index is 1060. The van der Waals surface area contributed by atoms with E-state index in [2.05, 4.69) is 20.2 Å². The molecule has 4 rings (SSSR count). The van der Waals surface area contributed by atoms with Crippen molar-refractivity contribution in [1.29, 1.82) is 0 Å². The number of para-hydroxylation sites is 1. The highest BCUT2D eigenvalue weighted by Gasteiger charge is 2.22. The second-order valence-corrected chi connectivity index (χ2v) is 5.44. The fourth-order valence-corrected chi connectivity index (χ4v) is 2.68. The second-order valence-electron chi connectivity index (χ2n) is 5.44. The van der Waals surface area contributed by atoms with Crippen molar-refractivity contribution in [2.45, 2.75) is 0 Å². The van der Waals surface area contributed by atoms with Gasteiger partial charge in [-0.3, -0.25) is 14.5 Å². The Hall–Kier alpha value is -3.87. The number of nitrogens with zero attached hydrogens (tertiary/aromatic N) is 5. The number of pyridine rings is 2. The Morgan fingerprint density at radius 1 is 0.808 bits per heavy atom. The minimum atomic E-state index is -1.07. The van der Waals surface area contributed by atoms with Gasteiger partial charge in [0.25, 0.3) is 0 Å². The molecule has 0 aliphatic heterocycles. The van der Waals surface area contributed by atoms with Crippen LogP contribution >= 0.6 is 0 Å². The molecule has 0 atom stereocenters. The van der Waals surface area contributed by atoms with Gasteiger partial charge in [-0.15, -0.1) is 10.2 Å². The van der Waals surface area contributed by atoms with Crippen molar-refractivity contribution in [2.24, 2.45) is 0 Å². The van der Waals surface area contributed by atoms with Crippen LogP contribution in [0.15, 0.2) is 73.1 Å². The zero-order valence-electron chi connectivity index (χ0n) is 13.5. The summed E-state index contributed by atoms with van der Waals surface area (Å²) in [4.78, 5) is 20.2. The lowest BCUT2D eigenvalue weighted by atomic mass is 10.1. The average molecular weight is 343 g/mol. The molecule has 0 aliphatic rings. The van der Waals surface area contributed by atoms with Gasteiger partial charge in [0.2, 0.25) is 0 Å². The highest BCUT2D eigenvalue weighted by molar-refractivity contribution is 5.94. The number of aromatic nitrogens is 5. The minimum absolute atomic E-state index is 0.0599. The summed E-state index contributed by atoms with van der Waals surface area (Å²) in [6.45, 7) is 0. The SMILES string of the molecule is O=C(O)c1cccnc1-c1nnc(-c2ccccn2)n1-c1ccccc1. The molecule has 126 valence electrons. The van der Waals surface area contributed by atoms with Crippen LogP contribution in [0.3, 0.4) is 0 Å². The zero-order chi connectivity index (χ0) is 17.9. The largest absolute Gasteiger partial charge is 0.478 e. The Labute approximate surface area is 148 Å². The maximum Gasteiger partial charge on any atom is 0.338 e. The number of carbonyl (C=O) groups is 1. The number of hydrogen-bond acceptors (Lipinski definition) is 5. The topological polar surface area (TPSA) is 93.8 Å². The fraction of sp³-hybridized carbons (Fsp3) is 0. The van der Waals surface area contributed by atoms with Gasteiger partial charge in [0.1, 0.15) is 11.4 Å². The smallest absolute Gasteiger partial charge is 0.338 e. The number of carboxylic acids is 1. The van der Waals surface area contributed by atoms with Crippen LogP contribution < -0.4 is 0 Å². The van der Waals surface area contributed by atoms with E-state index >= 15 is 0 Å². The predicted molar refractivity (Wildman–Crippen MR) is 94.8 cm³/mol. The molecular weight excluding hydrogens is 330 g/mol. The first-order valence-electron chi connectivity index (χ1n) is 7.86. The van der Waals surface area contributed by atoms with Gasteiger partial charge in [0, 0.05) is 18.1 Å². The van der Waals surface area contributed by atoms with E-state index in [9.17, 15) is 9.90 Å². The van der Waals surface area contributed by atoms with E-state index < -0.39 is 5.97 Å². The van der Waals surface area contributed by atoms with Crippen LogP contribution in [0, 0.1) is 0 Å². The van der Waals surface area contributed by atoms with Crippen molar-refractivity contribution in [3.05, 3.63) is 78.6 Å². The van der Waals surface area contributed by atoms with Crippen molar-refractivity contribution in [1.82, 2.24) is 24.7 Å². The molecule has 1 aromatic carbocycles. The van der Waals surface area contributed by atoms with Gasteiger partial charge in [0.05, 0.1) is 5.56 Å². The molecule has 3 aromatic heterocycles. The molecule has 0 saturated carbocycles. The summed E-state index contributed by atoms with van der Waals surface area (Å²) in [5, 5.41) is 18.0. The standard InChI is InChI=1S/C19H13N5O2/c25-19(26)14-9-6-12-21-16(14)18-23-22-17(15-10-4-5-11-20-15)24(18)13-7-2-1-3-8-13/h1-12H,(H,25,26). The van der Waals surface area contributed by atoms with Crippen LogP contribution in [0.4, 0.5) is 0 Å². The van der Waals surface area contributed by atoms with Gasteiger partial charge < -0.3 is 5.11 Å². The first kappa shape index (κ1) is 15.6. The third-order valence-corrected chi connectivity index (χ3v) is 3.82. The second kappa shape index (κ2) is 6.56. The number of aromatic carboxylic acids is 1. The van der Waals surface area contributed by atoms with E-state index in [-0.39, 0.29) is 11.3 Å². The Kier molecular flexibility index (Phi) is 3.95. The maximum absolute atomic E-state index is 11.6. The van der Waals surface area contributed by atoms with Crippen LogP contribution in [0.2, 0.25) is 0 Å². The average Bonchev–Trinajstić information content (AvgIpc) is 3.14. The molecule has 26 heavy (non-hydrogen) atoms. The van der Waals surface area contributed by atoms with E-state index in [0.29, 0.717) is 17.3 Å². The van der Waals surface area contributed by atoms with E-state index in [1.54, 1.807) is 16.8 Å². The normalized spacial score (nSPS) is 10.6. The van der Waals surface area contributed by atoms with Gasteiger partial charge in [-0.2, -0.15) is 0 Å². The quantitative estimate of drug-likeness (QED) is 0.612. The van der Waals surface area contributed by atoms with E-state index in [0.717, 1.165) is 5.69 Å². The molecule has 0 amide bonds. The van der Waals surface area contributed by atoms with E-state index in [1.807, 2.05) is 48.5 Å². The van der Waals surface area contributed by atoms with Crippen LogP contribution in [0.1, 0.15) is 10.4 Å². The third-order valence-electron chi connectivity index (χ3n) is 3.82. The minimum Gasteiger partial charge on any atom is -0.478 e. The van der Waals surface area contributed by atoms with Crippen LogP contribution in [0.25, 0.3) is 28.7 Å². The summed E-state index contributed by atoms with van der Waals surface area (Å²) in [6.07, 6.45) is 3.20. The summed E-state index contributed by atoms with van der Waals surface area (Å²) in [5.74, 6) is -0.223. The van der Waals surface area contributed by atoms with Gasteiger partial charge in [-0.1, -0.05) is 24.3 Å². The molecule has 0 bridgehead atoms. The number of hydrogen-bond donors (Lipinski definition) is 1. The molecule has 1 N–H and O–H groups in total. The predicted octanol–water partition coefficient (Wildman–Crippen LogP) is 3.09. The van der Waals surface area contributed by atoms with Crippen molar-refractivity contribution < 1.29 is 9.90 Å². The summed E-state index contributed by atoms with van der Waals surface area (Å²) in [5.41, 5.74) is 1.72. The molecule has 7 nitrogen and oxygen atoms in total. The Morgan fingerprint density at radius 2 is 1.54 bits per heavy atom. The monoisotopic (exact) mass is 343 g/mol. The van der Waals surface area contributed by atoms with Gasteiger partial charge in [-0.05, 0) is 36.4 Å². The lowest BCUT2D eigenvalue weighted by Crippen LogP contribution is -2.06. The molecular formula is C19H13N5O2. The molecule has 4 aromatic rings. The highest BCUT2D eigenvalue weighted by atomic mass is 16.4. The molecule has 0 radical (unpaired) electrons.